The Balaban J connectivity index is 1.75. The molecule has 2 rings (SSSR count). The third-order valence-corrected chi connectivity index (χ3v) is 2.87. The summed E-state index contributed by atoms with van der Waals surface area (Å²) < 4.78 is 39.9. The van der Waals surface area contributed by atoms with Crippen LogP contribution in [0.15, 0.2) is 18.2 Å². The van der Waals surface area contributed by atoms with Gasteiger partial charge in [0.05, 0.1) is 6.61 Å². The normalized spacial score (nSPS) is 13.8. The lowest BCUT2D eigenvalue weighted by Gasteiger charge is -2.09. The van der Waals surface area contributed by atoms with Crippen molar-refractivity contribution in [2.75, 3.05) is 31.6 Å². The van der Waals surface area contributed by atoms with Gasteiger partial charge < -0.3 is 15.4 Å². The first-order chi connectivity index (χ1) is 9.46. The van der Waals surface area contributed by atoms with Gasteiger partial charge in [0.2, 0.25) is 0 Å². The van der Waals surface area contributed by atoms with E-state index in [1.165, 1.54) is 0 Å². The van der Waals surface area contributed by atoms with Crippen molar-refractivity contribution < 1.29 is 22.7 Å². The number of halogens is 3. The standard InChI is InChI=1S/C13H15F3N2O2/c14-13(15,16)8-20-6-5-18-12(19)10-1-2-11-9(7-10)3-4-17-11/h1-2,7,17H,3-6,8H2,(H,18,19). The van der Waals surface area contributed by atoms with E-state index in [4.69, 9.17) is 0 Å². The van der Waals surface area contributed by atoms with Gasteiger partial charge in [0, 0.05) is 24.3 Å². The van der Waals surface area contributed by atoms with Crippen molar-refractivity contribution in [3.05, 3.63) is 29.3 Å². The number of ether oxygens (including phenoxy) is 1. The van der Waals surface area contributed by atoms with Crippen molar-refractivity contribution in [2.24, 2.45) is 0 Å². The summed E-state index contributed by atoms with van der Waals surface area (Å²) in [7, 11) is 0. The van der Waals surface area contributed by atoms with E-state index in [0.29, 0.717) is 5.56 Å². The smallest absolute Gasteiger partial charge is 0.384 e. The summed E-state index contributed by atoms with van der Waals surface area (Å²) in [5, 5.41) is 5.71. The Bertz CT molecular complexity index is 489. The lowest BCUT2D eigenvalue weighted by Crippen LogP contribution is -2.28. The second-order valence-electron chi connectivity index (χ2n) is 4.47. The van der Waals surface area contributed by atoms with Gasteiger partial charge in [-0.3, -0.25) is 4.79 Å². The fourth-order valence-electron chi connectivity index (χ4n) is 1.97. The predicted molar refractivity (Wildman–Crippen MR) is 67.8 cm³/mol. The molecule has 2 N–H and O–H groups in total. The Morgan fingerprint density at radius 2 is 2.20 bits per heavy atom. The quantitative estimate of drug-likeness (QED) is 0.814. The highest BCUT2D eigenvalue weighted by atomic mass is 19.4. The Morgan fingerprint density at radius 1 is 1.40 bits per heavy atom. The third kappa shape index (κ3) is 4.12. The van der Waals surface area contributed by atoms with Crippen LogP contribution in [0.5, 0.6) is 0 Å². The number of nitrogens with one attached hydrogen (secondary N) is 2. The van der Waals surface area contributed by atoms with Crippen LogP contribution in [-0.2, 0) is 11.2 Å². The molecule has 0 aromatic heterocycles. The Morgan fingerprint density at radius 3 is 2.95 bits per heavy atom. The van der Waals surface area contributed by atoms with Gasteiger partial charge in [0.25, 0.3) is 5.91 Å². The van der Waals surface area contributed by atoms with Crippen LogP contribution in [0.3, 0.4) is 0 Å². The first kappa shape index (κ1) is 14.6. The fourth-order valence-corrected chi connectivity index (χ4v) is 1.97. The van der Waals surface area contributed by atoms with E-state index < -0.39 is 12.8 Å². The zero-order chi connectivity index (χ0) is 14.6. The molecule has 1 heterocycles. The maximum atomic E-state index is 11.8. The lowest BCUT2D eigenvalue weighted by atomic mass is 10.1. The number of fused-ring (bicyclic) bond motifs is 1. The van der Waals surface area contributed by atoms with Gasteiger partial charge in [0.15, 0.2) is 0 Å². The van der Waals surface area contributed by atoms with Gasteiger partial charge in [-0.05, 0) is 30.2 Å². The number of hydrogen-bond donors (Lipinski definition) is 2. The van der Waals surface area contributed by atoms with Gasteiger partial charge >= 0.3 is 6.18 Å². The largest absolute Gasteiger partial charge is 0.411 e. The van der Waals surface area contributed by atoms with Gasteiger partial charge in [-0.15, -0.1) is 0 Å². The molecule has 1 aromatic carbocycles. The molecule has 1 amide bonds. The number of carbonyl (C=O) groups is 1. The van der Waals surface area contributed by atoms with E-state index in [2.05, 4.69) is 15.4 Å². The summed E-state index contributed by atoms with van der Waals surface area (Å²) in [5.74, 6) is -0.310. The Kier molecular flexibility index (Phi) is 4.49. The number of hydrogen-bond acceptors (Lipinski definition) is 3. The molecule has 1 aromatic rings. The van der Waals surface area contributed by atoms with Crippen LogP contribution in [0.25, 0.3) is 0 Å². The molecule has 0 saturated heterocycles. The molecule has 0 saturated carbocycles. The predicted octanol–water partition coefficient (Wildman–Crippen LogP) is 1.96. The Hall–Kier alpha value is -1.76. The van der Waals surface area contributed by atoms with E-state index in [-0.39, 0.29) is 19.1 Å². The highest BCUT2D eigenvalue weighted by Gasteiger charge is 2.27. The highest BCUT2D eigenvalue weighted by molar-refractivity contribution is 5.95. The van der Waals surface area contributed by atoms with Crippen LogP contribution in [-0.4, -0.2) is 38.4 Å². The topological polar surface area (TPSA) is 50.4 Å². The molecule has 7 heteroatoms. The molecule has 4 nitrogen and oxygen atoms in total. The molecule has 0 radical (unpaired) electrons. The van der Waals surface area contributed by atoms with Gasteiger partial charge in [-0.2, -0.15) is 13.2 Å². The molecule has 0 atom stereocenters. The number of amides is 1. The molecule has 0 aliphatic carbocycles. The minimum atomic E-state index is -4.34. The lowest BCUT2D eigenvalue weighted by molar-refractivity contribution is -0.173. The van der Waals surface area contributed by atoms with Crippen molar-refractivity contribution >= 4 is 11.6 Å². The first-order valence-corrected chi connectivity index (χ1v) is 6.25. The van der Waals surface area contributed by atoms with Gasteiger partial charge in [-0.1, -0.05) is 0 Å². The summed E-state index contributed by atoms with van der Waals surface area (Å²) in [6.45, 7) is -0.568. The minimum absolute atomic E-state index is 0.0459. The molecule has 0 bridgehead atoms. The zero-order valence-electron chi connectivity index (χ0n) is 10.7. The van der Waals surface area contributed by atoms with Crippen molar-refractivity contribution in [3.63, 3.8) is 0 Å². The molecular weight excluding hydrogens is 273 g/mol. The van der Waals surface area contributed by atoms with Crippen molar-refractivity contribution in [1.82, 2.24) is 5.32 Å². The first-order valence-electron chi connectivity index (χ1n) is 6.25. The van der Waals surface area contributed by atoms with E-state index in [9.17, 15) is 18.0 Å². The molecule has 0 fully saturated rings. The second kappa shape index (κ2) is 6.13. The van der Waals surface area contributed by atoms with E-state index in [1.54, 1.807) is 12.1 Å². The van der Waals surface area contributed by atoms with E-state index in [0.717, 1.165) is 24.2 Å². The molecule has 0 spiro atoms. The molecular formula is C13H15F3N2O2. The minimum Gasteiger partial charge on any atom is -0.384 e. The van der Waals surface area contributed by atoms with Crippen molar-refractivity contribution in [2.45, 2.75) is 12.6 Å². The van der Waals surface area contributed by atoms with Crippen LogP contribution in [0, 0.1) is 0 Å². The van der Waals surface area contributed by atoms with Crippen LogP contribution >= 0.6 is 0 Å². The number of rotatable bonds is 5. The number of benzene rings is 1. The third-order valence-electron chi connectivity index (χ3n) is 2.87. The average Bonchev–Trinajstić information content (AvgIpc) is 2.83. The number of alkyl halides is 3. The molecule has 110 valence electrons. The van der Waals surface area contributed by atoms with Gasteiger partial charge in [-0.25, -0.2) is 0 Å². The van der Waals surface area contributed by atoms with Crippen LogP contribution in [0.4, 0.5) is 18.9 Å². The maximum Gasteiger partial charge on any atom is 0.411 e. The van der Waals surface area contributed by atoms with Crippen molar-refractivity contribution in [1.29, 1.82) is 0 Å². The fraction of sp³-hybridized carbons (Fsp3) is 0.462. The van der Waals surface area contributed by atoms with Crippen LogP contribution in [0.2, 0.25) is 0 Å². The van der Waals surface area contributed by atoms with Crippen LogP contribution < -0.4 is 10.6 Å². The number of anilines is 1. The Labute approximate surface area is 114 Å². The summed E-state index contributed by atoms with van der Waals surface area (Å²) in [6, 6.07) is 5.31. The SMILES string of the molecule is O=C(NCCOCC(F)(F)F)c1ccc2c(c1)CCN2. The molecule has 1 aliphatic rings. The number of carbonyl (C=O) groups excluding carboxylic acids is 1. The summed E-state index contributed by atoms with van der Waals surface area (Å²) in [6.07, 6.45) is -3.47. The van der Waals surface area contributed by atoms with Crippen LogP contribution in [0.1, 0.15) is 15.9 Å². The summed E-state index contributed by atoms with van der Waals surface area (Å²) in [5.41, 5.74) is 2.60. The maximum absolute atomic E-state index is 11.8. The molecule has 20 heavy (non-hydrogen) atoms. The average molecular weight is 288 g/mol. The monoisotopic (exact) mass is 288 g/mol. The highest BCUT2D eigenvalue weighted by Crippen LogP contribution is 2.22. The molecule has 0 unspecified atom stereocenters. The van der Waals surface area contributed by atoms with Gasteiger partial charge in [0.1, 0.15) is 6.61 Å². The van der Waals surface area contributed by atoms with Crippen molar-refractivity contribution in [3.8, 4) is 0 Å². The van der Waals surface area contributed by atoms with E-state index in [1.807, 2.05) is 6.07 Å². The zero-order valence-corrected chi connectivity index (χ0v) is 10.7. The molecule has 1 aliphatic heterocycles. The summed E-state index contributed by atoms with van der Waals surface area (Å²) >= 11 is 0. The second-order valence-corrected chi connectivity index (χ2v) is 4.47. The van der Waals surface area contributed by atoms with E-state index >= 15 is 0 Å². The summed E-state index contributed by atoms with van der Waals surface area (Å²) in [4.78, 5) is 11.8.